The van der Waals surface area contributed by atoms with Crippen molar-refractivity contribution in [2.24, 2.45) is 22.9 Å². The Kier molecular flexibility index (Phi) is 4.81. The highest BCUT2D eigenvalue weighted by molar-refractivity contribution is 7.89. The molecule has 1 aromatic carbocycles. The molecule has 4 N–H and O–H groups in total. The molecule has 27 heavy (non-hydrogen) atoms. The SMILES string of the molecule is C[C@H](NC(=O)CNC12CC3CC(CC(C3)C1)C2)c1ccc(S(N)(=O)=O)cc1. The monoisotopic (exact) mass is 391 g/mol. The third-order valence-corrected chi connectivity index (χ3v) is 7.68. The van der Waals surface area contributed by atoms with Gasteiger partial charge in [-0.25, -0.2) is 13.6 Å². The summed E-state index contributed by atoms with van der Waals surface area (Å²) in [6, 6.07) is 6.14. The summed E-state index contributed by atoms with van der Waals surface area (Å²) in [6.07, 6.45) is 7.82. The van der Waals surface area contributed by atoms with Crippen molar-refractivity contribution in [3.05, 3.63) is 29.8 Å². The molecule has 4 aliphatic carbocycles. The summed E-state index contributed by atoms with van der Waals surface area (Å²) in [6.45, 7) is 2.24. The number of rotatable bonds is 6. The Hall–Kier alpha value is -1.44. The lowest BCUT2D eigenvalue weighted by Gasteiger charge is -2.57. The van der Waals surface area contributed by atoms with Gasteiger partial charge in [0.15, 0.2) is 0 Å². The lowest BCUT2D eigenvalue weighted by molar-refractivity contribution is -0.122. The van der Waals surface area contributed by atoms with Gasteiger partial charge < -0.3 is 10.6 Å². The minimum Gasteiger partial charge on any atom is -0.348 e. The molecule has 0 spiro atoms. The number of nitrogens with one attached hydrogen (secondary N) is 2. The van der Waals surface area contributed by atoms with Crippen LogP contribution in [-0.2, 0) is 14.8 Å². The zero-order valence-corrected chi connectivity index (χ0v) is 16.6. The van der Waals surface area contributed by atoms with Gasteiger partial charge in [0, 0.05) is 5.54 Å². The molecule has 1 amide bonds. The van der Waals surface area contributed by atoms with E-state index in [2.05, 4.69) is 10.6 Å². The minimum absolute atomic E-state index is 0.0197. The third kappa shape index (κ3) is 4.05. The van der Waals surface area contributed by atoms with Crippen LogP contribution >= 0.6 is 0 Å². The summed E-state index contributed by atoms with van der Waals surface area (Å²) in [5.41, 5.74) is 1.03. The minimum atomic E-state index is -3.70. The first-order chi connectivity index (χ1) is 12.7. The van der Waals surface area contributed by atoms with Crippen LogP contribution < -0.4 is 15.8 Å². The molecule has 4 bridgehead atoms. The van der Waals surface area contributed by atoms with Gasteiger partial charge in [-0.3, -0.25) is 4.79 Å². The summed E-state index contributed by atoms with van der Waals surface area (Å²) in [5.74, 6) is 2.53. The Labute approximate surface area is 161 Å². The average molecular weight is 392 g/mol. The van der Waals surface area contributed by atoms with Gasteiger partial charge in [0.1, 0.15) is 0 Å². The highest BCUT2D eigenvalue weighted by Crippen LogP contribution is 2.55. The number of benzene rings is 1. The lowest BCUT2D eigenvalue weighted by atomic mass is 9.53. The highest BCUT2D eigenvalue weighted by atomic mass is 32.2. The summed E-state index contributed by atoms with van der Waals surface area (Å²) < 4.78 is 22.7. The first-order valence-electron chi connectivity index (χ1n) is 9.90. The number of hydrogen-bond donors (Lipinski definition) is 3. The van der Waals surface area contributed by atoms with E-state index in [-0.39, 0.29) is 22.4 Å². The van der Waals surface area contributed by atoms with Crippen LogP contribution in [0.25, 0.3) is 0 Å². The molecular formula is C20H29N3O3S. The molecule has 4 fully saturated rings. The maximum absolute atomic E-state index is 12.5. The quantitative estimate of drug-likeness (QED) is 0.691. The van der Waals surface area contributed by atoms with Crippen molar-refractivity contribution < 1.29 is 13.2 Å². The largest absolute Gasteiger partial charge is 0.348 e. The van der Waals surface area contributed by atoms with Gasteiger partial charge in [-0.2, -0.15) is 0 Å². The van der Waals surface area contributed by atoms with E-state index in [9.17, 15) is 13.2 Å². The van der Waals surface area contributed by atoms with Gasteiger partial charge >= 0.3 is 0 Å². The van der Waals surface area contributed by atoms with Crippen LogP contribution in [0.15, 0.2) is 29.2 Å². The predicted molar refractivity (Wildman–Crippen MR) is 103 cm³/mol. The van der Waals surface area contributed by atoms with E-state index in [1.54, 1.807) is 12.1 Å². The molecule has 4 aliphatic rings. The van der Waals surface area contributed by atoms with Crippen molar-refractivity contribution in [3.8, 4) is 0 Å². The van der Waals surface area contributed by atoms with Gasteiger partial charge in [-0.15, -0.1) is 0 Å². The van der Waals surface area contributed by atoms with Crippen LogP contribution in [0.3, 0.4) is 0 Å². The smallest absolute Gasteiger partial charge is 0.238 e. The fourth-order valence-electron chi connectivity index (χ4n) is 5.92. The Bertz CT molecular complexity index is 784. The van der Waals surface area contributed by atoms with Crippen molar-refractivity contribution >= 4 is 15.9 Å². The summed E-state index contributed by atoms with van der Waals surface area (Å²) in [7, 11) is -3.70. The van der Waals surface area contributed by atoms with Gasteiger partial charge in [-0.1, -0.05) is 12.1 Å². The molecular weight excluding hydrogens is 362 g/mol. The molecule has 4 saturated carbocycles. The predicted octanol–water partition coefficient (Wildman–Crippen LogP) is 2.07. The number of carbonyl (C=O) groups is 1. The standard InChI is InChI=1S/C20H29N3O3S/c1-13(17-2-4-18(5-3-17)27(21,25)26)23-19(24)12-22-20-9-14-6-15(10-20)8-16(7-14)11-20/h2-5,13-16,22H,6-12H2,1H3,(H,23,24)(H2,21,25,26)/t13-,14?,15?,16?,20?/m0/s1. The maximum Gasteiger partial charge on any atom is 0.238 e. The summed E-state index contributed by atoms with van der Waals surface area (Å²) in [5, 5.41) is 11.7. The molecule has 1 aromatic rings. The van der Waals surface area contributed by atoms with E-state index in [1.807, 2.05) is 6.92 Å². The third-order valence-electron chi connectivity index (χ3n) is 6.75. The molecule has 148 valence electrons. The molecule has 0 saturated heterocycles. The van der Waals surface area contributed by atoms with Crippen molar-refractivity contribution in [3.63, 3.8) is 0 Å². The zero-order valence-electron chi connectivity index (χ0n) is 15.8. The van der Waals surface area contributed by atoms with Gasteiger partial charge in [0.2, 0.25) is 15.9 Å². The second-order valence-corrected chi connectivity index (χ2v) is 10.5. The number of hydrogen-bond acceptors (Lipinski definition) is 4. The topological polar surface area (TPSA) is 101 Å². The fraction of sp³-hybridized carbons (Fsp3) is 0.650. The Balaban J connectivity index is 1.32. The molecule has 5 rings (SSSR count). The van der Waals surface area contributed by atoms with Gasteiger partial charge in [0.25, 0.3) is 0 Å². The molecule has 0 aromatic heterocycles. The molecule has 7 heteroatoms. The summed E-state index contributed by atoms with van der Waals surface area (Å²) >= 11 is 0. The first kappa shape index (κ1) is 18.9. The Morgan fingerprint density at radius 2 is 1.63 bits per heavy atom. The van der Waals surface area contributed by atoms with Crippen molar-refractivity contribution in [2.45, 2.75) is 61.9 Å². The van der Waals surface area contributed by atoms with Crippen molar-refractivity contribution in [2.75, 3.05) is 6.54 Å². The van der Waals surface area contributed by atoms with Crippen LogP contribution in [0.2, 0.25) is 0 Å². The van der Waals surface area contributed by atoms with E-state index in [0.717, 1.165) is 23.3 Å². The van der Waals surface area contributed by atoms with Gasteiger partial charge in [-0.05, 0) is 80.9 Å². The number of primary sulfonamides is 1. The zero-order chi connectivity index (χ0) is 19.2. The van der Waals surface area contributed by atoms with E-state index in [1.165, 1.54) is 50.7 Å². The number of amides is 1. The first-order valence-corrected chi connectivity index (χ1v) is 11.4. The van der Waals surface area contributed by atoms with Crippen LogP contribution in [0.4, 0.5) is 0 Å². The lowest BCUT2D eigenvalue weighted by Crippen LogP contribution is -2.59. The summed E-state index contributed by atoms with van der Waals surface area (Å²) in [4.78, 5) is 12.5. The molecule has 6 nitrogen and oxygen atoms in total. The molecule has 0 radical (unpaired) electrons. The van der Waals surface area contributed by atoms with Crippen LogP contribution in [0.5, 0.6) is 0 Å². The number of sulfonamides is 1. The normalized spacial score (nSPS) is 33.0. The van der Waals surface area contributed by atoms with Crippen molar-refractivity contribution in [1.29, 1.82) is 0 Å². The number of carbonyl (C=O) groups excluding carboxylic acids is 1. The Morgan fingerprint density at radius 3 is 2.11 bits per heavy atom. The Morgan fingerprint density at radius 1 is 1.11 bits per heavy atom. The van der Waals surface area contributed by atoms with Crippen LogP contribution in [0.1, 0.15) is 57.1 Å². The molecule has 0 heterocycles. The van der Waals surface area contributed by atoms with E-state index < -0.39 is 10.0 Å². The second-order valence-electron chi connectivity index (χ2n) is 8.95. The molecule has 0 aliphatic heterocycles. The fourth-order valence-corrected chi connectivity index (χ4v) is 6.43. The average Bonchev–Trinajstić information content (AvgIpc) is 2.58. The van der Waals surface area contributed by atoms with E-state index in [4.69, 9.17) is 5.14 Å². The van der Waals surface area contributed by atoms with E-state index >= 15 is 0 Å². The van der Waals surface area contributed by atoms with E-state index in [0.29, 0.717) is 6.54 Å². The highest BCUT2D eigenvalue weighted by Gasteiger charge is 2.50. The second kappa shape index (κ2) is 6.87. The molecule has 0 unspecified atom stereocenters. The number of nitrogens with two attached hydrogens (primary N) is 1. The maximum atomic E-state index is 12.5. The van der Waals surface area contributed by atoms with Crippen LogP contribution in [-0.4, -0.2) is 26.4 Å². The van der Waals surface area contributed by atoms with Crippen LogP contribution in [0, 0.1) is 17.8 Å². The van der Waals surface area contributed by atoms with Gasteiger partial charge in [0.05, 0.1) is 17.5 Å². The molecule has 1 atom stereocenters. The van der Waals surface area contributed by atoms with Crippen molar-refractivity contribution in [1.82, 2.24) is 10.6 Å².